The Kier molecular flexibility index (Phi) is 4.94. The number of ether oxygens (including phenoxy) is 1. The Bertz CT molecular complexity index is 669. The second-order valence-corrected chi connectivity index (χ2v) is 5.14. The quantitative estimate of drug-likeness (QED) is 0.654. The van der Waals surface area contributed by atoms with Gasteiger partial charge in [-0.25, -0.2) is 10.2 Å². The molecule has 2 aromatic carbocycles. The van der Waals surface area contributed by atoms with Gasteiger partial charge in [-0.2, -0.15) is 5.10 Å². The van der Waals surface area contributed by atoms with Crippen molar-refractivity contribution in [3.63, 3.8) is 0 Å². The molecule has 2 rings (SSSR count). The zero-order valence-electron chi connectivity index (χ0n) is 11.3. The SMILES string of the molecule is C/C(=N/NC(N)=O)c1ccccc1Oc1ccc(Br)cc1. The Hall–Kier alpha value is -2.34. The second-order valence-electron chi connectivity index (χ2n) is 4.23. The molecule has 0 saturated heterocycles. The lowest BCUT2D eigenvalue weighted by atomic mass is 10.1. The molecule has 0 fully saturated rings. The van der Waals surface area contributed by atoms with Crippen molar-refractivity contribution < 1.29 is 9.53 Å². The first-order valence-corrected chi connectivity index (χ1v) is 6.98. The van der Waals surface area contributed by atoms with Gasteiger partial charge in [0.25, 0.3) is 0 Å². The molecule has 0 aliphatic rings. The Morgan fingerprint density at radius 3 is 2.52 bits per heavy atom. The summed E-state index contributed by atoms with van der Waals surface area (Å²) >= 11 is 3.38. The van der Waals surface area contributed by atoms with E-state index in [1.165, 1.54) is 0 Å². The molecule has 3 N–H and O–H groups in total. The molecule has 2 aromatic rings. The van der Waals surface area contributed by atoms with Gasteiger partial charge in [-0.05, 0) is 43.3 Å². The molecule has 108 valence electrons. The predicted octanol–water partition coefficient (Wildman–Crippen LogP) is 3.63. The minimum Gasteiger partial charge on any atom is -0.457 e. The van der Waals surface area contributed by atoms with E-state index in [0.717, 1.165) is 10.0 Å². The molecule has 5 nitrogen and oxygen atoms in total. The van der Waals surface area contributed by atoms with Crippen molar-refractivity contribution in [3.05, 3.63) is 58.6 Å². The number of para-hydroxylation sites is 1. The second kappa shape index (κ2) is 6.90. The number of nitrogens with two attached hydrogens (primary N) is 1. The molecule has 0 spiro atoms. The number of rotatable bonds is 4. The molecular formula is C15H14BrN3O2. The van der Waals surface area contributed by atoms with E-state index in [1.807, 2.05) is 48.5 Å². The molecular weight excluding hydrogens is 334 g/mol. The van der Waals surface area contributed by atoms with Gasteiger partial charge in [0.05, 0.1) is 5.71 Å². The highest BCUT2D eigenvalue weighted by molar-refractivity contribution is 9.10. The molecule has 21 heavy (non-hydrogen) atoms. The van der Waals surface area contributed by atoms with Gasteiger partial charge in [0.15, 0.2) is 0 Å². The first kappa shape index (κ1) is 15.1. The molecule has 0 bridgehead atoms. The highest BCUT2D eigenvalue weighted by atomic mass is 79.9. The number of urea groups is 1. The number of nitrogens with one attached hydrogen (secondary N) is 1. The fourth-order valence-corrected chi connectivity index (χ4v) is 1.95. The van der Waals surface area contributed by atoms with Gasteiger partial charge in [-0.3, -0.25) is 0 Å². The van der Waals surface area contributed by atoms with Crippen LogP contribution >= 0.6 is 15.9 Å². The lowest BCUT2D eigenvalue weighted by Crippen LogP contribution is -2.25. The van der Waals surface area contributed by atoms with E-state index in [2.05, 4.69) is 26.5 Å². The summed E-state index contributed by atoms with van der Waals surface area (Å²) in [4.78, 5) is 10.7. The topological polar surface area (TPSA) is 76.7 Å². The van der Waals surface area contributed by atoms with Crippen LogP contribution in [0.25, 0.3) is 0 Å². The minimum absolute atomic E-state index is 0.599. The average molecular weight is 348 g/mol. The molecule has 0 unspecified atom stereocenters. The van der Waals surface area contributed by atoms with Gasteiger partial charge in [-0.1, -0.05) is 28.1 Å². The molecule has 2 amide bonds. The van der Waals surface area contributed by atoms with Crippen molar-refractivity contribution in [3.8, 4) is 11.5 Å². The molecule has 0 aliphatic heterocycles. The van der Waals surface area contributed by atoms with Crippen LogP contribution in [0.15, 0.2) is 58.1 Å². The van der Waals surface area contributed by atoms with E-state index in [9.17, 15) is 4.79 Å². The number of hydrazone groups is 1. The number of hydrogen-bond acceptors (Lipinski definition) is 3. The summed E-state index contributed by atoms with van der Waals surface area (Å²) in [5.74, 6) is 1.36. The van der Waals surface area contributed by atoms with Gasteiger partial charge in [0.2, 0.25) is 0 Å². The van der Waals surface area contributed by atoms with Crippen molar-refractivity contribution in [2.45, 2.75) is 6.92 Å². The van der Waals surface area contributed by atoms with Crippen LogP contribution in [-0.2, 0) is 0 Å². The lowest BCUT2D eigenvalue weighted by Gasteiger charge is -2.11. The maximum atomic E-state index is 10.7. The van der Waals surface area contributed by atoms with E-state index in [1.54, 1.807) is 6.92 Å². The summed E-state index contributed by atoms with van der Waals surface area (Å²) in [6, 6.07) is 14.2. The molecule has 0 saturated carbocycles. The van der Waals surface area contributed by atoms with Gasteiger partial charge in [-0.15, -0.1) is 0 Å². The third-order valence-corrected chi connectivity index (χ3v) is 3.18. The Morgan fingerprint density at radius 1 is 1.19 bits per heavy atom. The number of primary amides is 1. The van der Waals surface area contributed by atoms with Gasteiger partial charge < -0.3 is 10.5 Å². The zero-order valence-corrected chi connectivity index (χ0v) is 12.9. The predicted molar refractivity (Wildman–Crippen MR) is 85.6 cm³/mol. The van der Waals surface area contributed by atoms with E-state index in [0.29, 0.717) is 17.2 Å². The van der Waals surface area contributed by atoms with Crippen LogP contribution in [0.5, 0.6) is 11.5 Å². The standard InChI is InChI=1S/C15H14BrN3O2/c1-10(18-19-15(17)20)13-4-2-3-5-14(13)21-12-8-6-11(16)7-9-12/h2-9H,1H3,(H3,17,19,20)/b18-10-. The molecule has 0 atom stereocenters. The summed E-state index contributed by atoms with van der Waals surface area (Å²) in [6.45, 7) is 1.76. The summed E-state index contributed by atoms with van der Waals surface area (Å²) < 4.78 is 6.83. The van der Waals surface area contributed by atoms with Crippen molar-refractivity contribution in [2.24, 2.45) is 10.8 Å². The molecule has 0 aromatic heterocycles. The van der Waals surface area contributed by atoms with Crippen LogP contribution < -0.4 is 15.9 Å². The third-order valence-electron chi connectivity index (χ3n) is 2.65. The van der Waals surface area contributed by atoms with Crippen LogP contribution in [0.2, 0.25) is 0 Å². The number of benzene rings is 2. The largest absolute Gasteiger partial charge is 0.457 e. The number of nitrogens with zero attached hydrogens (tertiary/aromatic N) is 1. The Balaban J connectivity index is 2.26. The smallest absolute Gasteiger partial charge is 0.332 e. The molecule has 0 aliphatic carbocycles. The van der Waals surface area contributed by atoms with E-state index in [-0.39, 0.29) is 0 Å². The van der Waals surface area contributed by atoms with Crippen LogP contribution in [0.1, 0.15) is 12.5 Å². The van der Waals surface area contributed by atoms with Crippen LogP contribution in [0.4, 0.5) is 4.79 Å². The monoisotopic (exact) mass is 347 g/mol. The number of carbonyl (C=O) groups is 1. The number of carbonyl (C=O) groups excluding carboxylic acids is 1. The van der Waals surface area contributed by atoms with Crippen molar-refractivity contribution in [1.29, 1.82) is 0 Å². The normalized spacial score (nSPS) is 11.0. The summed E-state index contributed by atoms with van der Waals surface area (Å²) in [7, 11) is 0. The first-order valence-electron chi connectivity index (χ1n) is 6.19. The number of amides is 2. The van der Waals surface area contributed by atoms with Gasteiger partial charge >= 0.3 is 6.03 Å². The number of halogens is 1. The zero-order chi connectivity index (χ0) is 15.2. The van der Waals surface area contributed by atoms with Gasteiger partial charge in [0, 0.05) is 10.0 Å². The van der Waals surface area contributed by atoms with Crippen molar-refractivity contribution in [2.75, 3.05) is 0 Å². The number of hydrogen-bond donors (Lipinski definition) is 2. The molecule has 6 heteroatoms. The fourth-order valence-electron chi connectivity index (χ4n) is 1.68. The van der Waals surface area contributed by atoms with E-state index in [4.69, 9.17) is 10.5 Å². The van der Waals surface area contributed by atoms with Crippen molar-refractivity contribution >= 4 is 27.7 Å². The summed E-state index contributed by atoms with van der Waals surface area (Å²) in [5.41, 5.74) is 8.58. The first-order chi connectivity index (χ1) is 10.1. The summed E-state index contributed by atoms with van der Waals surface area (Å²) in [6.07, 6.45) is 0. The lowest BCUT2D eigenvalue weighted by molar-refractivity contribution is 0.249. The fraction of sp³-hybridized carbons (Fsp3) is 0.0667. The third kappa shape index (κ3) is 4.32. The maximum Gasteiger partial charge on any atom is 0.332 e. The van der Waals surface area contributed by atoms with E-state index < -0.39 is 6.03 Å². The van der Waals surface area contributed by atoms with Crippen molar-refractivity contribution in [1.82, 2.24) is 5.43 Å². The van der Waals surface area contributed by atoms with E-state index >= 15 is 0 Å². The average Bonchev–Trinajstić information content (AvgIpc) is 2.48. The van der Waals surface area contributed by atoms with Gasteiger partial charge in [0.1, 0.15) is 11.5 Å². The van der Waals surface area contributed by atoms with Crippen LogP contribution in [0.3, 0.4) is 0 Å². The highest BCUT2D eigenvalue weighted by Gasteiger charge is 2.07. The highest BCUT2D eigenvalue weighted by Crippen LogP contribution is 2.26. The maximum absolute atomic E-state index is 10.7. The molecule has 0 radical (unpaired) electrons. The van der Waals surface area contributed by atoms with Crippen LogP contribution in [0, 0.1) is 0 Å². The summed E-state index contributed by atoms with van der Waals surface area (Å²) in [5, 5.41) is 3.91. The molecule has 0 heterocycles. The Labute approximate surface area is 130 Å². The Morgan fingerprint density at radius 2 is 1.86 bits per heavy atom. The minimum atomic E-state index is -0.708. The van der Waals surface area contributed by atoms with Crippen LogP contribution in [-0.4, -0.2) is 11.7 Å².